The van der Waals surface area contributed by atoms with Crippen molar-refractivity contribution in [3.63, 3.8) is 0 Å². The van der Waals surface area contributed by atoms with Crippen molar-refractivity contribution in [3.05, 3.63) is 10.6 Å². The van der Waals surface area contributed by atoms with Crippen LogP contribution in [0.3, 0.4) is 0 Å². The number of nitrogens with one attached hydrogen (secondary N) is 2. The van der Waals surface area contributed by atoms with Gasteiger partial charge in [0.05, 0.1) is 12.2 Å². The number of hydrogen-bond donors (Lipinski definition) is 2. The molecule has 2 heterocycles. The fraction of sp³-hybridized carbons (Fsp3) is 0.722. The molecule has 1 aliphatic carbocycles. The average molecular weight is 365 g/mol. The number of nitrogens with zero attached hydrogens (tertiary/aromatic N) is 2. The van der Waals surface area contributed by atoms with Gasteiger partial charge in [-0.05, 0) is 25.7 Å². The lowest BCUT2D eigenvalue weighted by molar-refractivity contribution is -0.136. The minimum Gasteiger partial charge on any atom is -0.337 e. The Morgan fingerprint density at radius 3 is 2.68 bits per heavy atom. The van der Waals surface area contributed by atoms with Crippen LogP contribution in [0.2, 0.25) is 0 Å². The Hall–Kier alpha value is -1.63. The molecule has 1 saturated carbocycles. The molecule has 0 saturated heterocycles. The number of carbonyl (C=O) groups is 2. The third-order valence-corrected chi connectivity index (χ3v) is 6.29. The molecule has 25 heavy (non-hydrogen) atoms. The van der Waals surface area contributed by atoms with Crippen LogP contribution >= 0.6 is 11.3 Å². The molecule has 3 amide bonds. The number of carbonyl (C=O) groups excluding carboxylic acids is 2. The molecule has 0 unspecified atom stereocenters. The van der Waals surface area contributed by atoms with E-state index in [1.165, 1.54) is 24.2 Å². The largest absolute Gasteiger partial charge is 0.337 e. The van der Waals surface area contributed by atoms with E-state index in [1.807, 2.05) is 4.90 Å². The monoisotopic (exact) mass is 364 g/mol. The third kappa shape index (κ3) is 4.32. The average Bonchev–Trinajstić information content (AvgIpc) is 3.23. The zero-order chi connectivity index (χ0) is 17.8. The van der Waals surface area contributed by atoms with Crippen LogP contribution in [0, 0.1) is 5.92 Å². The first-order valence-electron chi connectivity index (χ1n) is 9.45. The minimum absolute atomic E-state index is 0.115. The van der Waals surface area contributed by atoms with Crippen molar-refractivity contribution in [1.82, 2.24) is 15.2 Å². The van der Waals surface area contributed by atoms with Crippen LogP contribution in [0.4, 0.5) is 9.93 Å². The topological polar surface area (TPSA) is 74.3 Å². The van der Waals surface area contributed by atoms with Crippen molar-refractivity contribution in [1.29, 1.82) is 0 Å². The first-order valence-corrected chi connectivity index (χ1v) is 10.3. The fourth-order valence-corrected chi connectivity index (χ4v) is 4.74. The van der Waals surface area contributed by atoms with Gasteiger partial charge in [-0.2, -0.15) is 0 Å². The van der Waals surface area contributed by atoms with Gasteiger partial charge in [-0.25, -0.2) is 9.78 Å². The van der Waals surface area contributed by atoms with Gasteiger partial charge in [-0.3, -0.25) is 10.1 Å². The van der Waals surface area contributed by atoms with Crippen LogP contribution in [0.5, 0.6) is 0 Å². The van der Waals surface area contributed by atoms with Crippen LogP contribution in [0.25, 0.3) is 0 Å². The van der Waals surface area contributed by atoms with Gasteiger partial charge >= 0.3 is 6.03 Å². The predicted octanol–water partition coefficient (Wildman–Crippen LogP) is 3.53. The van der Waals surface area contributed by atoms with E-state index in [0.717, 1.165) is 49.2 Å². The van der Waals surface area contributed by atoms with Crippen LogP contribution < -0.4 is 10.6 Å². The Kier molecular flexibility index (Phi) is 5.93. The van der Waals surface area contributed by atoms with E-state index in [2.05, 4.69) is 29.5 Å². The maximum Gasteiger partial charge on any atom is 0.321 e. The molecule has 1 aromatic rings. The van der Waals surface area contributed by atoms with Crippen molar-refractivity contribution >= 4 is 28.4 Å². The summed E-state index contributed by atoms with van der Waals surface area (Å²) in [6.07, 6.45) is 7.05. The molecular weight excluding hydrogens is 336 g/mol. The summed E-state index contributed by atoms with van der Waals surface area (Å²) in [5.41, 5.74) is 1.02. The van der Waals surface area contributed by atoms with Gasteiger partial charge in [-0.1, -0.05) is 38.0 Å². The van der Waals surface area contributed by atoms with E-state index in [4.69, 9.17) is 0 Å². The molecule has 0 spiro atoms. The molecule has 0 atom stereocenters. The lowest BCUT2D eigenvalue weighted by Crippen LogP contribution is -2.39. The Bertz CT molecular complexity index is 621. The Labute approximate surface area is 153 Å². The van der Waals surface area contributed by atoms with Crippen molar-refractivity contribution < 1.29 is 9.59 Å². The van der Waals surface area contributed by atoms with Crippen LogP contribution in [-0.2, 0) is 17.8 Å². The van der Waals surface area contributed by atoms with E-state index < -0.39 is 0 Å². The van der Waals surface area contributed by atoms with E-state index in [0.29, 0.717) is 17.7 Å². The highest BCUT2D eigenvalue weighted by molar-refractivity contribution is 7.15. The summed E-state index contributed by atoms with van der Waals surface area (Å²) in [6, 6.07) is 0.130. The highest BCUT2D eigenvalue weighted by Gasteiger charge is 2.28. The highest BCUT2D eigenvalue weighted by Crippen LogP contribution is 2.29. The number of urea groups is 1. The summed E-state index contributed by atoms with van der Waals surface area (Å²) in [5, 5.41) is 6.52. The third-order valence-electron chi connectivity index (χ3n) is 5.29. The van der Waals surface area contributed by atoms with Gasteiger partial charge in [0.1, 0.15) is 0 Å². The lowest BCUT2D eigenvalue weighted by Gasteiger charge is -2.29. The van der Waals surface area contributed by atoms with Gasteiger partial charge in [0.15, 0.2) is 5.13 Å². The first kappa shape index (κ1) is 18.2. The minimum atomic E-state index is -0.164. The van der Waals surface area contributed by atoms with Crippen molar-refractivity contribution in [2.45, 2.75) is 71.4 Å². The number of amides is 3. The molecule has 0 bridgehead atoms. The summed E-state index contributed by atoms with van der Waals surface area (Å²) in [7, 11) is 0. The standard InChI is InChI=1S/C18H28N4O2S/c1-3-12(4-2)16(23)22-10-9-14-15(11-22)25-18(20-14)21-17(24)19-13-7-5-6-8-13/h12-13H,3-11H2,1-2H3,(H2,19,20,21,24). The number of aromatic nitrogens is 1. The zero-order valence-electron chi connectivity index (χ0n) is 15.1. The molecule has 138 valence electrons. The molecule has 3 rings (SSSR count). The summed E-state index contributed by atoms with van der Waals surface area (Å²) >= 11 is 1.49. The van der Waals surface area contributed by atoms with E-state index in [9.17, 15) is 9.59 Å². The second-order valence-electron chi connectivity index (χ2n) is 6.99. The number of fused-ring (bicyclic) bond motifs is 1. The van der Waals surface area contributed by atoms with Gasteiger partial charge in [-0.15, -0.1) is 0 Å². The Balaban J connectivity index is 1.58. The maximum absolute atomic E-state index is 12.6. The number of anilines is 1. The number of rotatable bonds is 5. The number of thiazole rings is 1. The smallest absolute Gasteiger partial charge is 0.321 e. The molecule has 1 aliphatic heterocycles. The van der Waals surface area contributed by atoms with Crippen LogP contribution in [0.15, 0.2) is 0 Å². The molecule has 1 aromatic heterocycles. The van der Waals surface area contributed by atoms with Crippen molar-refractivity contribution in [2.24, 2.45) is 5.92 Å². The normalized spacial score (nSPS) is 17.6. The lowest BCUT2D eigenvalue weighted by atomic mass is 10.0. The summed E-state index contributed by atoms with van der Waals surface area (Å²) in [4.78, 5) is 32.3. The van der Waals surface area contributed by atoms with Crippen molar-refractivity contribution in [3.8, 4) is 0 Å². The highest BCUT2D eigenvalue weighted by atomic mass is 32.1. The quantitative estimate of drug-likeness (QED) is 0.839. The molecule has 0 radical (unpaired) electrons. The van der Waals surface area contributed by atoms with Gasteiger partial charge in [0.25, 0.3) is 0 Å². The maximum atomic E-state index is 12.6. The fourth-order valence-electron chi connectivity index (χ4n) is 3.72. The van der Waals surface area contributed by atoms with Gasteiger partial charge in [0.2, 0.25) is 5.91 Å². The Morgan fingerprint density at radius 1 is 1.28 bits per heavy atom. The predicted molar refractivity (Wildman–Crippen MR) is 99.7 cm³/mol. The number of hydrogen-bond acceptors (Lipinski definition) is 4. The van der Waals surface area contributed by atoms with Crippen LogP contribution in [0.1, 0.15) is 62.9 Å². The first-order chi connectivity index (χ1) is 12.1. The molecule has 1 fully saturated rings. The Morgan fingerprint density at radius 2 is 2.00 bits per heavy atom. The van der Waals surface area contributed by atoms with E-state index in [1.54, 1.807) is 0 Å². The molecule has 0 aromatic carbocycles. The van der Waals surface area contributed by atoms with E-state index in [-0.39, 0.29) is 17.9 Å². The zero-order valence-corrected chi connectivity index (χ0v) is 16.0. The van der Waals surface area contributed by atoms with Crippen LogP contribution in [-0.4, -0.2) is 34.4 Å². The second-order valence-corrected chi connectivity index (χ2v) is 8.08. The molecule has 2 aliphatic rings. The van der Waals surface area contributed by atoms with Gasteiger partial charge < -0.3 is 10.2 Å². The van der Waals surface area contributed by atoms with E-state index >= 15 is 0 Å². The molecular formula is C18H28N4O2S. The SMILES string of the molecule is CCC(CC)C(=O)N1CCc2nc(NC(=O)NC3CCCC3)sc2C1. The van der Waals surface area contributed by atoms with Crippen molar-refractivity contribution in [2.75, 3.05) is 11.9 Å². The molecule has 6 nitrogen and oxygen atoms in total. The van der Waals surface area contributed by atoms with Gasteiger partial charge in [0, 0.05) is 29.8 Å². The molecule has 2 N–H and O–H groups in total. The molecule has 7 heteroatoms. The summed E-state index contributed by atoms with van der Waals surface area (Å²) in [6.45, 7) is 5.48. The second kappa shape index (κ2) is 8.17. The summed E-state index contributed by atoms with van der Waals surface area (Å²) < 4.78 is 0. The summed E-state index contributed by atoms with van der Waals surface area (Å²) in [5.74, 6) is 0.363.